The van der Waals surface area contributed by atoms with Gasteiger partial charge in [0.25, 0.3) is 0 Å². The van der Waals surface area contributed by atoms with Crippen molar-refractivity contribution in [2.24, 2.45) is 0 Å². The molecule has 0 aromatic heterocycles. The van der Waals surface area contributed by atoms with Gasteiger partial charge in [0.15, 0.2) is 0 Å². The highest BCUT2D eigenvalue weighted by atomic mass is 32.2. The highest BCUT2D eigenvalue weighted by molar-refractivity contribution is 7.89. The van der Waals surface area contributed by atoms with E-state index in [9.17, 15) is 13.2 Å². The van der Waals surface area contributed by atoms with E-state index in [1.165, 1.54) is 32.3 Å². The third-order valence-corrected chi connectivity index (χ3v) is 5.13. The van der Waals surface area contributed by atoms with Crippen LogP contribution in [0, 0.1) is 0 Å². The lowest BCUT2D eigenvalue weighted by atomic mass is 10.2. The fourth-order valence-corrected chi connectivity index (χ4v) is 2.93. The van der Waals surface area contributed by atoms with Crippen LogP contribution in [0.4, 0.5) is 0 Å². The number of rotatable bonds is 6. The van der Waals surface area contributed by atoms with Crippen molar-refractivity contribution >= 4 is 16.0 Å². The van der Waals surface area contributed by atoms with Crippen LogP contribution in [0.1, 0.15) is 15.9 Å². The van der Waals surface area contributed by atoms with E-state index in [2.05, 4.69) is 0 Å². The normalized spacial score (nSPS) is 11.4. The van der Waals surface area contributed by atoms with Crippen LogP contribution in [0.5, 0.6) is 0 Å². The topological polar surface area (TPSA) is 63.7 Å². The monoisotopic (exact) mass is 333 g/mol. The van der Waals surface area contributed by atoms with Gasteiger partial charge >= 0.3 is 5.97 Å². The quantitative estimate of drug-likeness (QED) is 0.761. The van der Waals surface area contributed by atoms with Crippen molar-refractivity contribution in [2.75, 3.05) is 20.7 Å². The van der Waals surface area contributed by atoms with E-state index >= 15 is 0 Å². The van der Waals surface area contributed by atoms with Crippen molar-refractivity contribution in [3.05, 3.63) is 65.7 Å². The molecule has 0 saturated carbocycles. The first-order chi connectivity index (χ1) is 10.9. The molecule has 2 aromatic rings. The molecular weight excluding hydrogens is 314 g/mol. The van der Waals surface area contributed by atoms with E-state index < -0.39 is 16.0 Å². The van der Waals surface area contributed by atoms with Gasteiger partial charge in [-0.1, -0.05) is 36.4 Å². The van der Waals surface area contributed by atoms with Crippen molar-refractivity contribution in [2.45, 2.75) is 11.3 Å². The van der Waals surface area contributed by atoms with Crippen LogP contribution in [0.25, 0.3) is 0 Å². The van der Waals surface area contributed by atoms with Gasteiger partial charge in [-0.25, -0.2) is 17.5 Å². The molecule has 0 radical (unpaired) electrons. The van der Waals surface area contributed by atoms with Crippen LogP contribution in [0.3, 0.4) is 0 Å². The lowest BCUT2D eigenvalue weighted by Crippen LogP contribution is -2.22. The first-order valence-corrected chi connectivity index (χ1v) is 8.59. The standard InChI is InChI=1S/C17H19NO4S/c1-18(2)23(20,21)16-10-6-9-15(13-16)17(19)22-12-11-14-7-4-3-5-8-14/h3-10,13H,11-12H2,1-2H3. The van der Waals surface area contributed by atoms with Gasteiger partial charge in [-0.05, 0) is 23.8 Å². The van der Waals surface area contributed by atoms with Gasteiger partial charge in [0.05, 0.1) is 17.1 Å². The summed E-state index contributed by atoms with van der Waals surface area (Å²) in [6.07, 6.45) is 0.613. The summed E-state index contributed by atoms with van der Waals surface area (Å²) in [4.78, 5) is 12.1. The number of esters is 1. The fourth-order valence-electron chi connectivity index (χ4n) is 1.98. The molecule has 0 fully saturated rings. The predicted molar refractivity (Wildman–Crippen MR) is 87.7 cm³/mol. The Kier molecular flexibility index (Phi) is 5.52. The summed E-state index contributed by atoms with van der Waals surface area (Å²) in [7, 11) is -0.682. The number of hydrogen-bond acceptors (Lipinski definition) is 4. The Balaban J connectivity index is 2.03. The molecule has 6 heteroatoms. The van der Waals surface area contributed by atoms with Gasteiger partial charge in [0.2, 0.25) is 10.0 Å². The molecule has 0 amide bonds. The highest BCUT2D eigenvalue weighted by Gasteiger charge is 2.19. The van der Waals surface area contributed by atoms with Gasteiger partial charge in [-0.2, -0.15) is 0 Å². The Morgan fingerprint density at radius 1 is 1.04 bits per heavy atom. The zero-order valence-corrected chi connectivity index (χ0v) is 13.9. The molecule has 122 valence electrons. The Morgan fingerprint density at radius 3 is 2.39 bits per heavy atom. The molecule has 0 unspecified atom stereocenters. The Hall–Kier alpha value is -2.18. The second-order valence-corrected chi connectivity index (χ2v) is 7.34. The summed E-state index contributed by atoms with van der Waals surface area (Å²) in [6, 6.07) is 15.5. The van der Waals surface area contributed by atoms with E-state index in [0.29, 0.717) is 6.42 Å². The average molecular weight is 333 g/mol. The van der Waals surface area contributed by atoms with Gasteiger partial charge in [-0.3, -0.25) is 0 Å². The van der Waals surface area contributed by atoms with Crippen LogP contribution in [-0.4, -0.2) is 39.4 Å². The first kappa shape index (κ1) is 17.2. The van der Waals surface area contributed by atoms with Gasteiger partial charge < -0.3 is 4.74 Å². The second-order valence-electron chi connectivity index (χ2n) is 5.19. The highest BCUT2D eigenvalue weighted by Crippen LogP contribution is 2.15. The molecule has 0 atom stereocenters. The van der Waals surface area contributed by atoms with Crippen LogP contribution >= 0.6 is 0 Å². The van der Waals surface area contributed by atoms with E-state index in [4.69, 9.17) is 4.74 Å². The lowest BCUT2D eigenvalue weighted by molar-refractivity contribution is 0.0509. The van der Waals surface area contributed by atoms with Gasteiger partial charge in [0, 0.05) is 20.5 Å². The molecule has 0 aliphatic rings. The number of nitrogens with zero attached hydrogens (tertiary/aromatic N) is 1. The van der Waals surface area contributed by atoms with Crippen molar-refractivity contribution in [3.63, 3.8) is 0 Å². The minimum Gasteiger partial charge on any atom is -0.462 e. The summed E-state index contributed by atoms with van der Waals surface area (Å²) in [5.41, 5.74) is 1.30. The summed E-state index contributed by atoms with van der Waals surface area (Å²) < 4.78 is 30.5. The number of sulfonamides is 1. The van der Waals surface area contributed by atoms with Crippen LogP contribution in [0.2, 0.25) is 0 Å². The van der Waals surface area contributed by atoms with Crippen LogP contribution in [0.15, 0.2) is 59.5 Å². The predicted octanol–water partition coefficient (Wildman–Crippen LogP) is 2.34. The second kappa shape index (κ2) is 7.39. The van der Waals surface area contributed by atoms with E-state index in [0.717, 1.165) is 9.87 Å². The molecule has 0 heterocycles. The van der Waals surface area contributed by atoms with Crippen molar-refractivity contribution in [1.82, 2.24) is 4.31 Å². The SMILES string of the molecule is CN(C)S(=O)(=O)c1cccc(C(=O)OCCc2ccccc2)c1. The molecule has 5 nitrogen and oxygen atoms in total. The summed E-state index contributed by atoms with van der Waals surface area (Å²) in [6.45, 7) is 0.244. The maximum absolute atomic E-state index is 12.1. The minimum atomic E-state index is -3.57. The zero-order chi connectivity index (χ0) is 16.9. The molecule has 23 heavy (non-hydrogen) atoms. The maximum atomic E-state index is 12.1. The van der Waals surface area contributed by atoms with Crippen molar-refractivity contribution in [3.8, 4) is 0 Å². The lowest BCUT2D eigenvalue weighted by Gasteiger charge is -2.12. The van der Waals surface area contributed by atoms with Crippen molar-refractivity contribution < 1.29 is 17.9 Å². The molecule has 0 aliphatic heterocycles. The number of benzene rings is 2. The molecule has 2 aromatic carbocycles. The smallest absolute Gasteiger partial charge is 0.338 e. The minimum absolute atomic E-state index is 0.0695. The summed E-state index contributed by atoms with van der Waals surface area (Å²) in [5, 5.41) is 0. The zero-order valence-electron chi connectivity index (χ0n) is 13.1. The van der Waals surface area contributed by atoms with E-state index in [1.807, 2.05) is 30.3 Å². The number of carbonyl (C=O) groups excluding carboxylic acids is 1. The third-order valence-electron chi connectivity index (χ3n) is 3.32. The first-order valence-electron chi connectivity index (χ1n) is 7.15. The number of ether oxygens (including phenoxy) is 1. The number of carbonyl (C=O) groups is 1. The van der Waals surface area contributed by atoms with Crippen molar-refractivity contribution in [1.29, 1.82) is 0 Å². The van der Waals surface area contributed by atoms with E-state index in [-0.39, 0.29) is 17.1 Å². The Morgan fingerprint density at radius 2 is 1.74 bits per heavy atom. The summed E-state index contributed by atoms with van der Waals surface area (Å²) >= 11 is 0. The molecule has 0 N–H and O–H groups in total. The third kappa shape index (κ3) is 4.40. The van der Waals surface area contributed by atoms with Crippen LogP contribution < -0.4 is 0 Å². The molecule has 0 aliphatic carbocycles. The fraction of sp³-hybridized carbons (Fsp3) is 0.235. The maximum Gasteiger partial charge on any atom is 0.338 e. The molecule has 0 saturated heterocycles. The molecule has 2 rings (SSSR count). The van der Waals surface area contributed by atoms with E-state index in [1.54, 1.807) is 6.07 Å². The largest absolute Gasteiger partial charge is 0.462 e. The molecule has 0 bridgehead atoms. The van der Waals surface area contributed by atoms with Gasteiger partial charge in [0.1, 0.15) is 0 Å². The molecular formula is C17H19NO4S. The van der Waals surface area contributed by atoms with Gasteiger partial charge in [-0.15, -0.1) is 0 Å². The molecule has 0 spiro atoms. The van der Waals surface area contributed by atoms with Crippen LogP contribution in [-0.2, 0) is 21.2 Å². The Bertz CT molecular complexity index is 770. The number of hydrogen-bond donors (Lipinski definition) is 0. The Labute approximate surface area is 136 Å². The average Bonchev–Trinajstić information content (AvgIpc) is 2.55. The summed E-state index contributed by atoms with van der Waals surface area (Å²) in [5.74, 6) is -0.531.